The van der Waals surface area contributed by atoms with Gasteiger partial charge in [0.05, 0.1) is 11.2 Å². The highest BCUT2D eigenvalue weighted by Crippen LogP contribution is 2.33. The Hall–Kier alpha value is -1.97. The monoisotopic (exact) mass is 382 g/mol. The number of carbonyl (C=O) groups is 1. The maximum atomic E-state index is 13.5. The van der Waals surface area contributed by atoms with Crippen LogP contribution in [-0.2, 0) is 11.2 Å². The van der Waals surface area contributed by atoms with Crippen LogP contribution in [0.15, 0.2) is 36.4 Å². The van der Waals surface area contributed by atoms with E-state index in [1.165, 1.54) is 0 Å². The molecule has 0 radical (unpaired) electrons. The second-order valence-electron chi connectivity index (χ2n) is 9.37. The first-order valence-corrected chi connectivity index (χ1v) is 10.0. The molecule has 0 atom stereocenters. The molecule has 0 aromatic heterocycles. The second-order valence-corrected chi connectivity index (χ2v) is 9.37. The summed E-state index contributed by atoms with van der Waals surface area (Å²) in [4.78, 5) is 13.5. The van der Waals surface area contributed by atoms with Gasteiger partial charge in [0.15, 0.2) is 5.78 Å². The SMILES string of the molecule is CC(C)c1ccc(C(=O)c2ccc(C(C)C)cc2C(C)(C)O)c(C(C)(C)O)c1. The average molecular weight is 383 g/mol. The molecule has 0 aliphatic heterocycles. The van der Waals surface area contributed by atoms with E-state index in [4.69, 9.17) is 0 Å². The smallest absolute Gasteiger partial charge is 0.193 e. The minimum Gasteiger partial charge on any atom is -0.386 e. The van der Waals surface area contributed by atoms with Gasteiger partial charge in [-0.05, 0) is 61.8 Å². The zero-order valence-electron chi connectivity index (χ0n) is 18.4. The summed E-state index contributed by atoms with van der Waals surface area (Å²) in [5.41, 5.74) is 2.01. The molecule has 0 unspecified atom stereocenters. The van der Waals surface area contributed by atoms with Crippen LogP contribution in [0, 0.1) is 0 Å². The number of hydrogen-bond acceptors (Lipinski definition) is 3. The fourth-order valence-electron chi connectivity index (χ4n) is 3.40. The Morgan fingerprint density at radius 3 is 1.29 bits per heavy atom. The van der Waals surface area contributed by atoms with E-state index < -0.39 is 11.2 Å². The van der Waals surface area contributed by atoms with Crippen LogP contribution in [0.5, 0.6) is 0 Å². The Labute approximate surface area is 169 Å². The van der Waals surface area contributed by atoms with Crippen LogP contribution in [0.1, 0.15) is 105 Å². The summed E-state index contributed by atoms with van der Waals surface area (Å²) in [5.74, 6) is 0.407. The second kappa shape index (κ2) is 7.81. The molecule has 152 valence electrons. The van der Waals surface area contributed by atoms with Gasteiger partial charge in [0.2, 0.25) is 0 Å². The van der Waals surface area contributed by atoms with Gasteiger partial charge in [-0.15, -0.1) is 0 Å². The van der Waals surface area contributed by atoms with Gasteiger partial charge in [0.25, 0.3) is 0 Å². The Bertz CT molecular complexity index is 791. The third-order valence-corrected chi connectivity index (χ3v) is 5.23. The van der Waals surface area contributed by atoms with Crippen molar-refractivity contribution >= 4 is 5.78 Å². The van der Waals surface area contributed by atoms with E-state index in [2.05, 4.69) is 27.7 Å². The zero-order valence-corrected chi connectivity index (χ0v) is 18.4. The van der Waals surface area contributed by atoms with E-state index in [1.807, 2.05) is 24.3 Å². The van der Waals surface area contributed by atoms with Crippen LogP contribution < -0.4 is 0 Å². The summed E-state index contributed by atoms with van der Waals surface area (Å²) in [6.45, 7) is 15.1. The van der Waals surface area contributed by atoms with E-state index in [1.54, 1.807) is 39.8 Å². The van der Waals surface area contributed by atoms with Gasteiger partial charge >= 0.3 is 0 Å². The standard InChI is InChI=1S/C25H34O3/c1-15(2)17-9-11-19(21(13-17)24(5,6)27)23(26)20-12-10-18(16(3)4)14-22(20)25(7,8)28/h9-16,27-28H,1-8H3. The average Bonchev–Trinajstić information content (AvgIpc) is 2.58. The molecule has 0 spiro atoms. The Balaban J connectivity index is 2.70. The first kappa shape index (κ1) is 22.3. The number of benzene rings is 2. The fraction of sp³-hybridized carbons (Fsp3) is 0.480. The van der Waals surface area contributed by atoms with E-state index >= 15 is 0 Å². The third kappa shape index (κ3) is 4.71. The highest BCUT2D eigenvalue weighted by molar-refractivity contribution is 6.11. The minimum absolute atomic E-state index is 0.181. The van der Waals surface area contributed by atoms with Crippen molar-refractivity contribution in [1.82, 2.24) is 0 Å². The molecule has 28 heavy (non-hydrogen) atoms. The van der Waals surface area contributed by atoms with Gasteiger partial charge < -0.3 is 10.2 Å². The van der Waals surface area contributed by atoms with Crippen molar-refractivity contribution in [2.75, 3.05) is 0 Å². The Kier molecular flexibility index (Phi) is 6.22. The van der Waals surface area contributed by atoms with Gasteiger partial charge in [0.1, 0.15) is 0 Å². The lowest BCUT2D eigenvalue weighted by atomic mass is 9.82. The number of hydrogen-bond donors (Lipinski definition) is 2. The molecule has 0 aliphatic rings. The quantitative estimate of drug-likeness (QED) is 0.638. The lowest BCUT2D eigenvalue weighted by Crippen LogP contribution is -2.24. The predicted octanol–water partition coefficient (Wildman–Crippen LogP) is 5.62. The highest BCUT2D eigenvalue weighted by atomic mass is 16.3. The summed E-state index contributed by atoms with van der Waals surface area (Å²) < 4.78 is 0. The maximum absolute atomic E-state index is 13.5. The molecule has 3 heteroatoms. The van der Waals surface area contributed by atoms with Gasteiger partial charge in [-0.3, -0.25) is 4.79 Å². The number of ketones is 1. The van der Waals surface area contributed by atoms with Crippen molar-refractivity contribution in [3.05, 3.63) is 69.8 Å². The molecule has 0 heterocycles. The first-order chi connectivity index (χ1) is 12.7. The fourth-order valence-corrected chi connectivity index (χ4v) is 3.40. The van der Waals surface area contributed by atoms with Gasteiger partial charge in [0, 0.05) is 11.1 Å². The maximum Gasteiger partial charge on any atom is 0.193 e. The summed E-state index contributed by atoms with van der Waals surface area (Å²) in [6.07, 6.45) is 0. The van der Waals surface area contributed by atoms with Crippen molar-refractivity contribution in [3.63, 3.8) is 0 Å². The Morgan fingerprint density at radius 1 is 0.714 bits per heavy atom. The van der Waals surface area contributed by atoms with Crippen molar-refractivity contribution in [2.24, 2.45) is 0 Å². The topological polar surface area (TPSA) is 57.5 Å². The molecule has 0 saturated heterocycles. The first-order valence-electron chi connectivity index (χ1n) is 10.0. The summed E-state index contributed by atoms with van der Waals surface area (Å²) >= 11 is 0. The number of aliphatic hydroxyl groups is 2. The lowest BCUT2D eigenvalue weighted by Gasteiger charge is -2.26. The van der Waals surface area contributed by atoms with Crippen molar-refractivity contribution in [1.29, 1.82) is 0 Å². The van der Waals surface area contributed by atoms with E-state index in [9.17, 15) is 15.0 Å². The van der Waals surface area contributed by atoms with E-state index in [-0.39, 0.29) is 5.78 Å². The normalized spacial score (nSPS) is 12.7. The molecule has 0 amide bonds. The van der Waals surface area contributed by atoms with Crippen LogP contribution in [0.3, 0.4) is 0 Å². The molecule has 0 aliphatic carbocycles. The molecule has 0 saturated carbocycles. The van der Waals surface area contributed by atoms with E-state index in [0.29, 0.717) is 34.1 Å². The third-order valence-electron chi connectivity index (χ3n) is 5.23. The summed E-state index contributed by atoms with van der Waals surface area (Å²) in [5, 5.41) is 21.4. The number of carbonyl (C=O) groups excluding carboxylic acids is 1. The molecular formula is C25H34O3. The lowest BCUT2D eigenvalue weighted by molar-refractivity contribution is 0.0738. The summed E-state index contributed by atoms with van der Waals surface area (Å²) in [6, 6.07) is 11.3. The highest BCUT2D eigenvalue weighted by Gasteiger charge is 2.29. The van der Waals surface area contributed by atoms with Crippen molar-refractivity contribution < 1.29 is 15.0 Å². The van der Waals surface area contributed by atoms with Gasteiger partial charge in [-0.1, -0.05) is 64.1 Å². The van der Waals surface area contributed by atoms with Crippen LogP contribution in [0.25, 0.3) is 0 Å². The van der Waals surface area contributed by atoms with Crippen LogP contribution in [0.2, 0.25) is 0 Å². The Morgan fingerprint density at radius 2 is 1.04 bits per heavy atom. The molecule has 2 aromatic rings. The van der Waals surface area contributed by atoms with E-state index in [0.717, 1.165) is 11.1 Å². The van der Waals surface area contributed by atoms with Gasteiger partial charge in [-0.25, -0.2) is 0 Å². The van der Waals surface area contributed by atoms with Crippen LogP contribution in [0.4, 0.5) is 0 Å². The molecule has 2 aromatic carbocycles. The molecule has 2 N–H and O–H groups in total. The van der Waals surface area contributed by atoms with Crippen molar-refractivity contribution in [2.45, 2.75) is 78.4 Å². The predicted molar refractivity (Wildman–Crippen MR) is 115 cm³/mol. The zero-order chi connectivity index (χ0) is 21.4. The molecular weight excluding hydrogens is 348 g/mol. The molecule has 0 bridgehead atoms. The largest absolute Gasteiger partial charge is 0.386 e. The number of rotatable bonds is 6. The molecule has 2 rings (SSSR count). The van der Waals surface area contributed by atoms with Crippen molar-refractivity contribution in [3.8, 4) is 0 Å². The van der Waals surface area contributed by atoms with Gasteiger partial charge in [-0.2, -0.15) is 0 Å². The molecule has 3 nitrogen and oxygen atoms in total. The summed E-state index contributed by atoms with van der Waals surface area (Å²) in [7, 11) is 0. The van der Waals surface area contributed by atoms with Crippen LogP contribution in [-0.4, -0.2) is 16.0 Å². The molecule has 0 fully saturated rings. The minimum atomic E-state index is -1.15. The van der Waals surface area contributed by atoms with Crippen LogP contribution >= 0.6 is 0 Å².